The molecular formula is C14H16N2O3. The Morgan fingerprint density at radius 1 is 1.42 bits per heavy atom. The summed E-state index contributed by atoms with van der Waals surface area (Å²) >= 11 is 0. The molecule has 0 fully saturated rings. The van der Waals surface area contributed by atoms with Gasteiger partial charge >= 0.3 is 5.97 Å². The summed E-state index contributed by atoms with van der Waals surface area (Å²) in [5, 5.41) is 0.483. The van der Waals surface area contributed by atoms with Gasteiger partial charge in [0, 0.05) is 17.1 Å². The van der Waals surface area contributed by atoms with Crippen LogP contribution in [0.25, 0.3) is 10.9 Å². The largest absolute Gasteiger partial charge is 0.462 e. The molecule has 0 spiro atoms. The molecule has 5 heteroatoms. The third-order valence-corrected chi connectivity index (χ3v) is 2.87. The highest BCUT2D eigenvalue weighted by molar-refractivity contribution is 5.93. The maximum absolute atomic E-state index is 12.2. The standard InChI is InChI=1S/C14H16N2O3/c1-2-19-14(18)11-8-16-12-4-3-9(5-6-15)7-10(12)13(11)17/h3-4,7-8H,2,5-6,15H2,1H3,(H,16,17). The van der Waals surface area contributed by atoms with Crippen LogP contribution < -0.4 is 11.2 Å². The average Bonchev–Trinajstić information content (AvgIpc) is 2.40. The number of aromatic nitrogens is 1. The number of benzene rings is 1. The molecule has 0 bridgehead atoms. The minimum absolute atomic E-state index is 0.0271. The summed E-state index contributed by atoms with van der Waals surface area (Å²) in [6.07, 6.45) is 2.09. The second kappa shape index (κ2) is 5.67. The van der Waals surface area contributed by atoms with E-state index in [-0.39, 0.29) is 17.6 Å². The van der Waals surface area contributed by atoms with Gasteiger partial charge in [0.15, 0.2) is 0 Å². The first-order chi connectivity index (χ1) is 9.17. The molecule has 3 N–H and O–H groups in total. The SMILES string of the molecule is CCOC(=O)c1c[nH]c2ccc(CCN)cc2c1=O. The highest BCUT2D eigenvalue weighted by Gasteiger charge is 2.13. The van der Waals surface area contributed by atoms with Crippen LogP contribution in [0.1, 0.15) is 22.8 Å². The Morgan fingerprint density at radius 3 is 2.89 bits per heavy atom. The molecule has 1 aromatic heterocycles. The van der Waals surface area contributed by atoms with Crippen LogP contribution in [0.5, 0.6) is 0 Å². The summed E-state index contributed by atoms with van der Waals surface area (Å²) in [7, 11) is 0. The van der Waals surface area contributed by atoms with E-state index in [2.05, 4.69) is 4.98 Å². The van der Waals surface area contributed by atoms with Crippen molar-refractivity contribution in [2.75, 3.05) is 13.2 Å². The van der Waals surface area contributed by atoms with E-state index < -0.39 is 5.97 Å². The Balaban J connectivity index is 2.55. The molecule has 0 aliphatic heterocycles. The van der Waals surface area contributed by atoms with Crippen molar-refractivity contribution >= 4 is 16.9 Å². The molecule has 0 amide bonds. The molecule has 1 aromatic carbocycles. The lowest BCUT2D eigenvalue weighted by atomic mass is 10.1. The zero-order chi connectivity index (χ0) is 13.8. The van der Waals surface area contributed by atoms with Crippen molar-refractivity contribution < 1.29 is 9.53 Å². The molecule has 0 aliphatic carbocycles. The van der Waals surface area contributed by atoms with Gasteiger partial charge in [0.2, 0.25) is 5.43 Å². The fourth-order valence-electron chi connectivity index (χ4n) is 1.95. The van der Waals surface area contributed by atoms with Gasteiger partial charge in [-0.2, -0.15) is 0 Å². The molecule has 0 unspecified atom stereocenters. The van der Waals surface area contributed by atoms with Crippen LogP contribution in [0, 0.1) is 0 Å². The topological polar surface area (TPSA) is 85.2 Å². The second-order valence-corrected chi connectivity index (χ2v) is 4.17. The van der Waals surface area contributed by atoms with Crippen LogP contribution in [-0.4, -0.2) is 24.1 Å². The number of hydrogen-bond donors (Lipinski definition) is 2. The van der Waals surface area contributed by atoms with Crippen LogP contribution >= 0.6 is 0 Å². The quantitative estimate of drug-likeness (QED) is 0.809. The maximum Gasteiger partial charge on any atom is 0.343 e. The number of aromatic amines is 1. The summed E-state index contributed by atoms with van der Waals surface area (Å²) in [6.45, 7) is 2.46. The summed E-state index contributed by atoms with van der Waals surface area (Å²) < 4.78 is 4.86. The first-order valence-corrected chi connectivity index (χ1v) is 6.19. The smallest absolute Gasteiger partial charge is 0.343 e. The molecule has 100 valence electrons. The summed E-state index contributed by atoms with van der Waals surface area (Å²) in [4.78, 5) is 26.8. The number of rotatable bonds is 4. The number of pyridine rings is 1. The van der Waals surface area contributed by atoms with Crippen molar-refractivity contribution in [1.29, 1.82) is 0 Å². The lowest BCUT2D eigenvalue weighted by molar-refractivity contribution is 0.0524. The van der Waals surface area contributed by atoms with Gasteiger partial charge in [0.25, 0.3) is 0 Å². The van der Waals surface area contributed by atoms with Gasteiger partial charge in [-0.3, -0.25) is 4.79 Å². The van der Waals surface area contributed by atoms with Gasteiger partial charge in [-0.1, -0.05) is 6.07 Å². The molecule has 2 aromatic rings. The van der Waals surface area contributed by atoms with E-state index in [1.165, 1.54) is 6.20 Å². The third-order valence-electron chi connectivity index (χ3n) is 2.87. The molecule has 0 aliphatic rings. The number of H-pyrrole nitrogens is 1. The first-order valence-electron chi connectivity index (χ1n) is 6.19. The van der Waals surface area contributed by atoms with E-state index in [1.54, 1.807) is 13.0 Å². The van der Waals surface area contributed by atoms with E-state index in [0.717, 1.165) is 5.56 Å². The van der Waals surface area contributed by atoms with E-state index >= 15 is 0 Å². The fourth-order valence-corrected chi connectivity index (χ4v) is 1.95. The molecular weight excluding hydrogens is 244 g/mol. The number of ether oxygens (including phenoxy) is 1. The highest BCUT2D eigenvalue weighted by atomic mass is 16.5. The van der Waals surface area contributed by atoms with Crippen molar-refractivity contribution in [3.8, 4) is 0 Å². The van der Waals surface area contributed by atoms with Crippen molar-refractivity contribution in [2.24, 2.45) is 5.73 Å². The predicted octanol–water partition coefficient (Wildman–Crippen LogP) is 1.21. The molecule has 2 rings (SSSR count). The molecule has 0 radical (unpaired) electrons. The van der Waals surface area contributed by atoms with E-state index in [0.29, 0.717) is 23.9 Å². The Labute approximate surface area is 110 Å². The van der Waals surface area contributed by atoms with Crippen molar-refractivity contribution in [3.05, 3.63) is 45.7 Å². The molecule has 0 atom stereocenters. The Kier molecular flexibility index (Phi) is 3.97. The normalized spacial score (nSPS) is 10.6. The number of esters is 1. The summed E-state index contributed by atoms with van der Waals surface area (Å²) in [6, 6.07) is 5.50. The maximum atomic E-state index is 12.2. The van der Waals surface area contributed by atoms with Gasteiger partial charge in [0.05, 0.1) is 6.61 Å². The minimum Gasteiger partial charge on any atom is -0.462 e. The number of carbonyl (C=O) groups is 1. The van der Waals surface area contributed by atoms with Gasteiger partial charge < -0.3 is 15.5 Å². The predicted molar refractivity (Wildman–Crippen MR) is 73.3 cm³/mol. The summed E-state index contributed by atoms with van der Waals surface area (Å²) in [5.41, 5.74) is 6.88. The molecule has 0 saturated carbocycles. The van der Waals surface area contributed by atoms with Gasteiger partial charge in [0.1, 0.15) is 5.56 Å². The van der Waals surface area contributed by atoms with Crippen LogP contribution in [0.4, 0.5) is 0 Å². The Hall–Kier alpha value is -2.14. The van der Waals surface area contributed by atoms with Gasteiger partial charge in [-0.25, -0.2) is 4.79 Å². The van der Waals surface area contributed by atoms with Crippen LogP contribution in [0.2, 0.25) is 0 Å². The van der Waals surface area contributed by atoms with Gasteiger partial charge in [-0.05, 0) is 37.6 Å². The van der Waals surface area contributed by atoms with E-state index in [9.17, 15) is 9.59 Å². The van der Waals surface area contributed by atoms with Crippen molar-refractivity contribution in [2.45, 2.75) is 13.3 Å². The molecule has 5 nitrogen and oxygen atoms in total. The third kappa shape index (κ3) is 2.66. The van der Waals surface area contributed by atoms with Crippen molar-refractivity contribution in [1.82, 2.24) is 4.98 Å². The molecule has 0 saturated heterocycles. The Morgan fingerprint density at radius 2 is 2.21 bits per heavy atom. The Bertz CT molecular complexity index is 661. The lowest BCUT2D eigenvalue weighted by Gasteiger charge is -2.05. The van der Waals surface area contributed by atoms with E-state index in [4.69, 9.17) is 10.5 Å². The van der Waals surface area contributed by atoms with Crippen LogP contribution in [0.3, 0.4) is 0 Å². The van der Waals surface area contributed by atoms with E-state index in [1.807, 2.05) is 12.1 Å². The van der Waals surface area contributed by atoms with Gasteiger partial charge in [-0.15, -0.1) is 0 Å². The minimum atomic E-state index is -0.602. The number of carbonyl (C=O) groups excluding carboxylic acids is 1. The number of nitrogens with two attached hydrogens (primary N) is 1. The number of fused-ring (bicyclic) bond motifs is 1. The first kappa shape index (κ1) is 13.3. The monoisotopic (exact) mass is 260 g/mol. The summed E-state index contributed by atoms with van der Waals surface area (Å²) in [5.74, 6) is -0.602. The zero-order valence-electron chi connectivity index (χ0n) is 10.7. The van der Waals surface area contributed by atoms with Crippen LogP contribution in [-0.2, 0) is 11.2 Å². The molecule has 19 heavy (non-hydrogen) atoms. The fraction of sp³-hybridized carbons (Fsp3) is 0.286. The average molecular weight is 260 g/mol. The van der Waals surface area contributed by atoms with Crippen molar-refractivity contribution in [3.63, 3.8) is 0 Å². The van der Waals surface area contributed by atoms with Crippen LogP contribution in [0.15, 0.2) is 29.2 Å². The second-order valence-electron chi connectivity index (χ2n) is 4.17. The number of hydrogen-bond acceptors (Lipinski definition) is 4. The molecule has 1 heterocycles. The zero-order valence-corrected chi connectivity index (χ0v) is 10.7. The number of nitrogens with one attached hydrogen (secondary N) is 1. The lowest BCUT2D eigenvalue weighted by Crippen LogP contribution is -2.18. The highest BCUT2D eigenvalue weighted by Crippen LogP contribution is 2.12.